The van der Waals surface area contributed by atoms with Crippen LogP contribution in [0.4, 0.5) is 5.69 Å². The van der Waals surface area contributed by atoms with E-state index in [0.29, 0.717) is 31.5 Å². The molecule has 0 radical (unpaired) electrons. The first-order valence-electron chi connectivity index (χ1n) is 8.02. The molecule has 0 aliphatic carbocycles. The lowest BCUT2D eigenvalue weighted by molar-refractivity contribution is 0.332. The molecule has 2 rings (SSSR count). The lowest BCUT2D eigenvalue weighted by atomic mass is 10.2. The molecule has 0 aliphatic heterocycles. The molecule has 0 fully saturated rings. The molecule has 0 spiro atoms. The lowest BCUT2D eigenvalue weighted by Crippen LogP contribution is -2.23. The number of hydrogen-bond donors (Lipinski definition) is 3. The first kappa shape index (κ1) is 21.1. The van der Waals surface area contributed by atoms with Gasteiger partial charge in [0.1, 0.15) is 11.5 Å². The first-order valence-corrected chi connectivity index (χ1v) is 8.02. The molecule has 0 saturated carbocycles. The largest absolute Gasteiger partial charge is 0.494 e. The van der Waals surface area contributed by atoms with Gasteiger partial charge in [-0.1, -0.05) is 0 Å². The summed E-state index contributed by atoms with van der Waals surface area (Å²) in [6.45, 7) is 9.40. The number of nitrogens with zero attached hydrogens (tertiary/aromatic N) is 2. The Balaban J connectivity index is 0.00000312. The van der Waals surface area contributed by atoms with Gasteiger partial charge in [0.15, 0.2) is 5.96 Å². The molecule has 0 atom stereocenters. The van der Waals surface area contributed by atoms with E-state index in [2.05, 4.69) is 20.5 Å². The highest BCUT2D eigenvalue weighted by atomic mass is 127. The molecule has 7 nitrogen and oxygen atoms in total. The van der Waals surface area contributed by atoms with Crippen LogP contribution in [0.5, 0.6) is 11.5 Å². The van der Waals surface area contributed by atoms with Crippen molar-refractivity contribution in [2.24, 2.45) is 10.7 Å². The number of guanidine groups is 1. The predicted molar refractivity (Wildman–Crippen MR) is 111 cm³/mol. The number of aryl methyl sites for hydroxylation is 2. The van der Waals surface area contributed by atoms with Crippen molar-refractivity contribution in [2.75, 3.05) is 18.5 Å². The molecule has 1 aromatic heterocycles. The summed E-state index contributed by atoms with van der Waals surface area (Å²) >= 11 is 0. The van der Waals surface area contributed by atoms with Gasteiger partial charge in [-0.05, 0) is 39.8 Å². The second-order valence-electron chi connectivity index (χ2n) is 5.26. The quantitative estimate of drug-likeness (QED) is 0.335. The number of aromatic amines is 1. The van der Waals surface area contributed by atoms with E-state index in [4.69, 9.17) is 15.2 Å². The summed E-state index contributed by atoms with van der Waals surface area (Å²) in [4.78, 5) is 4.39. The Morgan fingerprint density at radius 3 is 2.56 bits per heavy atom. The molecule has 4 N–H and O–H groups in total. The van der Waals surface area contributed by atoms with Crippen LogP contribution >= 0.6 is 24.0 Å². The molecule has 0 saturated heterocycles. The molecule has 0 unspecified atom stereocenters. The van der Waals surface area contributed by atoms with Crippen molar-refractivity contribution in [2.45, 2.75) is 34.2 Å². The minimum absolute atomic E-state index is 0. The van der Waals surface area contributed by atoms with E-state index in [1.807, 2.05) is 45.9 Å². The fraction of sp³-hybridized carbons (Fsp3) is 0.412. The molecule has 8 heteroatoms. The molecular formula is C17H26IN5O2. The van der Waals surface area contributed by atoms with Gasteiger partial charge in [0.2, 0.25) is 0 Å². The summed E-state index contributed by atoms with van der Waals surface area (Å²) in [5, 5.41) is 10.2. The van der Waals surface area contributed by atoms with Gasteiger partial charge in [0.05, 0.1) is 31.1 Å². The van der Waals surface area contributed by atoms with E-state index in [0.717, 1.165) is 28.4 Å². The third kappa shape index (κ3) is 5.80. The zero-order chi connectivity index (χ0) is 17.5. The Morgan fingerprint density at radius 2 is 1.96 bits per heavy atom. The number of H-pyrrole nitrogens is 1. The SMILES string of the molecule is CCOc1ccc(OCC)c(NC(N)=NCc2c(C)n[nH]c2C)c1.I. The van der Waals surface area contributed by atoms with Gasteiger partial charge in [-0.25, -0.2) is 4.99 Å². The van der Waals surface area contributed by atoms with E-state index in [1.54, 1.807) is 0 Å². The molecule has 0 amide bonds. The smallest absolute Gasteiger partial charge is 0.193 e. The van der Waals surface area contributed by atoms with Gasteiger partial charge in [-0.2, -0.15) is 5.10 Å². The van der Waals surface area contributed by atoms with Crippen LogP contribution in [0.3, 0.4) is 0 Å². The zero-order valence-corrected chi connectivity index (χ0v) is 17.4. The van der Waals surface area contributed by atoms with Crippen molar-refractivity contribution in [3.8, 4) is 11.5 Å². The highest BCUT2D eigenvalue weighted by molar-refractivity contribution is 14.0. The molecular weight excluding hydrogens is 433 g/mol. The summed E-state index contributed by atoms with van der Waals surface area (Å²) in [5.74, 6) is 1.76. The number of nitrogens with two attached hydrogens (primary N) is 1. The lowest BCUT2D eigenvalue weighted by Gasteiger charge is -2.14. The molecule has 0 aliphatic rings. The Morgan fingerprint density at radius 1 is 1.24 bits per heavy atom. The van der Waals surface area contributed by atoms with Crippen molar-refractivity contribution in [1.82, 2.24) is 10.2 Å². The maximum absolute atomic E-state index is 6.02. The number of aliphatic imine (C=N–C) groups is 1. The third-order valence-corrected chi connectivity index (χ3v) is 3.51. The van der Waals surface area contributed by atoms with Crippen molar-refractivity contribution in [3.63, 3.8) is 0 Å². The number of rotatable bonds is 7. The number of hydrogen-bond acceptors (Lipinski definition) is 4. The van der Waals surface area contributed by atoms with Crippen molar-refractivity contribution in [3.05, 3.63) is 35.2 Å². The molecule has 1 aromatic carbocycles. The van der Waals surface area contributed by atoms with Crippen LogP contribution in [0.1, 0.15) is 30.8 Å². The molecule has 0 bridgehead atoms. The van der Waals surface area contributed by atoms with E-state index < -0.39 is 0 Å². The monoisotopic (exact) mass is 459 g/mol. The Bertz CT molecular complexity index is 696. The fourth-order valence-corrected chi connectivity index (χ4v) is 2.29. The van der Waals surface area contributed by atoms with Gasteiger partial charge in [0, 0.05) is 17.3 Å². The maximum atomic E-state index is 6.02. The van der Waals surface area contributed by atoms with Crippen LogP contribution in [0.25, 0.3) is 0 Å². The Labute approximate surface area is 165 Å². The first-order chi connectivity index (χ1) is 11.5. The van der Waals surface area contributed by atoms with Gasteiger partial charge >= 0.3 is 0 Å². The average molecular weight is 459 g/mol. The topological polar surface area (TPSA) is 97.6 Å². The average Bonchev–Trinajstić information content (AvgIpc) is 2.87. The van der Waals surface area contributed by atoms with Crippen LogP contribution in [0.15, 0.2) is 23.2 Å². The number of halogens is 1. The summed E-state index contributed by atoms with van der Waals surface area (Å²) in [6, 6.07) is 5.57. The zero-order valence-electron chi connectivity index (χ0n) is 15.0. The second-order valence-corrected chi connectivity index (χ2v) is 5.26. The number of nitrogens with one attached hydrogen (secondary N) is 2. The van der Waals surface area contributed by atoms with Crippen LogP contribution < -0.4 is 20.5 Å². The molecule has 25 heavy (non-hydrogen) atoms. The normalized spacial score (nSPS) is 11.0. The van der Waals surface area contributed by atoms with Crippen molar-refractivity contribution >= 4 is 35.6 Å². The van der Waals surface area contributed by atoms with Crippen LogP contribution in [-0.4, -0.2) is 29.4 Å². The predicted octanol–water partition coefficient (Wildman–Crippen LogP) is 3.37. The second kappa shape index (κ2) is 10.1. The minimum atomic E-state index is 0. The van der Waals surface area contributed by atoms with Crippen LogP contribution in [-0.2, 0) is 6.54 Å². The van der Waals surface area contributed by atoms with Gasteiger partial charge < -0.3 is 20.5 Å². The van der Waals surface area contributed by atoms with Crippen molar-refractivity contribution < 1.29 is 9.47 Å². The number of anilines is 1. The van der Waals surface area contributed by atoms with Gasteiger partial charge in [0.25, 0.3) is 0 Å². The standard InChI is InChI=1S/C17H25N5O2.HI/c1-5-23-13-7-8-16(24-6-2)15(9-13)20-17(18)19-10-14-11(3)21-22-12(14)4;/h7-9H,5-6,10H2,1-4H3,(H,21,22)(H3,18,19,20);1H. The molecule has 138 valence electrons. The molecule has 1 heterocycles. The van der Waals surface area contributed by atoms with Crippen molar-refractivity contribution in [1.29, 1.82) is 0 Å². The summed E-state index contributed by atoms with van der Waals surface area (Å²) in [6.07, 6.45) is 0. The third-order valence-electron chi connectivity index (χ3n) is 3.51. The highest BCUT2D eigenvalue weighted by Crippen LogP contribution is 2.29. The Kier molecular flexibility index (Phi) is 8.53. The fourth-order valence-electron chi connectivity index (χ4n) is 2.29. The number of aromatic nitrogens is 2. The molecule has 2 aromatic rings. The van der Waals surface area contributed by atoms with E-state index in [-0.39, 0.29) is 24.0 Å². The summed E-state index contributed by atoms with van der Waals surface area (Å²) < 4.78 is 11.1. The van der Waals surface area contributed by atoms with E-state index >= 15 is 0 Å². The van der Waals surface area contributed by atoms with Crippen LogP contribution in [0, 0.1) is 13.8 Å². The van der Waals surface area contributed by atoms with Gasteiger partial charge in [-0.3, -0.25) is 5.10 Å². The van der Waals surface area contributed by atoms with Crippen LogP contribution in [0.2, 0.25) is 0 Å². The van der Waals surface area contributed by atoms with E-state index in [9.17, 15) is 0 Å². The minimum Gasteiger partial charge on any atom is -0.494 e. The highest BCUT2D eigenvalue weighted by Gasteiger charge is 2.08. The van der Waals surface area contributed by atoms with Gasteiger partial charge in [-0.15, -0.1) is 24.0 Å². The Hall–Kier alpha value is -1.97. The maximum Gasteiger partial charge on any atom is 0.193 e. The summed E-state index contributed by atoms with van der Waals surface area (Å²) in [5.41, 5.74) is 9.72. The number of benzene rings is 1. The number of ether oxygens (including phenoxy) is 2. The summed E-state index contributed by atoms with van der Waals surface area (Å²) in [7, 11) is 0. The van der Waals surface area contributed by atoms with E-state index in [1.165, 1.54) is 0 Å².